The molecule has 0 aliphatic carbocycles. The van der Waals surface area contributed by atoms with E-state index in [9.17, 15) is 14.4 Å². The zero-order valence-corrected chi connectivity index (χ0v) is 11.3. The molecule has 0 unspecified atom stereocenters. The number of urea groups is 1. The van der Waals surface area contributed by atoms with Gasteiger partial charge in [0.05, 0.1) is 13.2 Å². The molecule has 8 heteroatoms. The Labute approximate surface area is 112 Å². The van der Waals surface area contributed by atoms with E-state index in [-0.39, 0.29) is 18.9 Å². The summed E-state index contributed by atoms with van der Waals surface area (Å²) in [6, 6.07) is -0.410. The molecule has 0 saturated carbocycles. The van der Waals surface area contributed by atoms with Gasteiger partial charge in [-0.1, -0.05) is 0 Å². The first-order valence-corrected chi connectivity index (χ1v) is 5.93. The highest BCUT2D eigenvalue weighted by molar-refractivity contribution is 5.83. The van der Waals surface area contributed by atoms with Gasteiger partial charge in [-0.3, -0.25) is 9.59 Å². The molecule has 0 rings (SSSR count). The van der Waals surface area contributed by atoms with Crippen molar-refractivity contribution in [2.24, 2.45) is 0 Å². The second kappa shape index (κ2) is 10.1. The molecule has 3 N–H and O–H groups in total. The number of carboxylic acid groups (broad SMARTS) is 1. The summed E-state index contributed by atoms with van der Waals surface area (Å²) >= 11 is 0. The van der Waals surface area contributed by atoms with E-state index < -0.39 is 12.0 Å². The second-order valence-corrected chi connectivity index (χ2v) is 3.92. The van der Waals surface area contributed by atoms with Gasteiger partial charge < -0.3 is 25.4 Å². The maximum Gasteiger partial charge on any atom is 0.317 e. The highest BCUT2D eigenvalue weighted by atomic mass is 16.5. The van der Waals surface area contributed by atoms with Crippen LogP contribution >= 0.6 is 0 Å². The van der Waals surface area contributed by atoms with Gasteiger partial charge in [-0.2, -0.15) is 0 Å². The predicted molar refractivity (Wildman–Crippen MR) is 67.8 cm³/mol. The number of carboxylic acids is 1. The highest BCUT2D eigenvalue weighted by Gasteiger charge is 2.10. The third-order valence-electron chi connectivity index (χ3n) is 2.26. The third kappa shape index (κ3) is 9.83. The van der Waals surface area contributed by atoms with E-state index in [0.29, 0.717) is 26.1 Å². The highest BCUT2D eigenvalue weighted by Crippen LogP contribution is 1.93. The zero-order chi connectivity index (χ0) is 14.7. The average molecular weight is 275 g/mol. The van der Waals surface area contributed by atoms with Crippen molar-refractivity contribution in [1.82, 2.24) is 15.5 Å². The number of rotatable bonds is 9. The number of ether oxygens (including phenoxy) is 1. The fraction of sp³-hybridized carbons (Fsp3) is 0.727. The Morgan fingerprint density at radius 1 is 1.26 bits per heavy atom. The summed E-state index contributed by atoms with van der Waals surface area (Å²) in [6.45, 7) is 1.00. The molecule has 0 saturated heterocycles. The minimum absolute atomic E-state index is 0.00905. The molecule has 8 nitrogen and oxygen atoms in total. The molecule has 110 valence electrons. The molecule has 0 spiro atoms. The Morgan fingerprint density at radius 3 is 2.53 bits per heavy atom. The van der Waals surface area contributed by atoms with Crippen LogP contribution in [-0.4, -0.2) is 68.3 Å². The van der Waals surface area contributed by atoms with Crippen LogP contribution in [0.1, 0.15) is 12.8 Å². The molecule has 0 bridgehead atoms. The molecular weight excluding hydrogens is 254 g/mol. The van der Waals surface area contributed by atoms with E-state index in [0.717, 1.165) is 0 Å². The van der Waals surface area contributed by atoms with Crippen molar-refractivity contribution in [3.05, 3.63) is 0 Å². The lowest BCUT2D eigenvalue weighted by atomic mass is 10.3. The predicted octanol–water partition coefficient (Wildman–Crippen LogP) is -0.745. The fourth-order valence-electron chi connectivity index (χ4n) is 1.21. The van der Waals surface area contributed by atoms with Gasteiger partial charge >= 0.3 is 12.0 Å². The van der Waals surface area contributed by atoms with Crippen molar-refractivity contribution in [3.8, 4) is 0 Å². The number of carbonyl (C=O) groups excluding carboxylic acids is 2. The molecule has 0 aromatic carbocycles. The summed E-state index contributed by atoms with van der Waals surface area (Å²) < 4.78 is 4.76. The number of carbonyl (C=O) groups is 3. The van der Waals surface area contributed by atoms with Crippen molar-refractivity contribution in [2.45, 2.75) is 12.8 Å². The summed E-state index contributed by atoms with van der Waals surface area (Å²) in [6.07, 6.45) is 0.383. The normalized spacial score (nSPS) is 9.79. The minimum Gasteiger partial charge on any atom is -0.481 e. The van der Waals surface area contributed by atoms with Crippen LogP contribution in [0.3, 0.4) is 0 Å². The lowest BCUT2D eigenvalue weighted by molar-refractivity contribution is -0.137. The van der Waals surface area contributed by atoms with Crippen molar-refractivity contribution in [1.29, 1.82) is 0 Å². The molecule has 0 aromatic heterocycles. The fourth-order valence-corrected chi connectivity index (χ4v) is 1.21. The topological polar surface area (TPSA) is 108 Å². The van der Waals surface area contributed by atoms with Gasteiger partial charge in [-0.25, -0.2) is 4.79 Å². The quantitative estimate of drug-likeness (QED) is 0.480. The van der Waals surface area contributed by atoms with Crippen LogP contribution in [0.4, 0.5) is 4.79 Å². The number of nitrogens with zero attached hydrogens (tertiary/aromatic N) is 1. The number of hydrogen-bond donors (Lipinski definition) is 3. The van der Waals surface area contributed by atoms with E-state index in [4.69, 9.17) is 9.84 Å². The molecule has 0 heterocycles. The monoisotopic (exact) mass is 275 g/mol. The summed E-state index contributed by atoms with van der Waals surface area (Å²) in [7, 11) is 3.07. The van der Waals surface area contributed by atoms with Gasteiger partial charge in [0.15, 0.2) is 0 Å². The lowest BCUT2D eigenvalue weighted by Gasteiger charge is -2.17. The van der Waals surface area contributed by atoms with Crippen LogP contribution in [0.5, 0.6) is 0 Å². The van der Waals surface area contributed by atoms with Crippen molar-refractivity contribution in [2.75, 3.05) is 40.4 Å². The van der Waals surface area contributed by atoms with Gasteiger partial charge in [0.1, 0.15) is 0 Å². The number of methoxy groups -OCH3 is 1. The van der Waals surface area contributed by atoms with Crippen molar-refractivity contribution >= 4 is 17.9 Å². The van der Waals surface area contributed by atoms with Crippen LogP contribution < -0.4 is 10.6 Å². The Balaban J connectivity index is 3.71. The van der Waals surface area contributed by atoms with Gasteiger partial charge in [0.2, 0.25) is 5.91 Å². The molecule has 0 aromatic rings. The zero-order valence-electron chi connectivity index (χ0n) is 11.3. The van der Waals surface area contributed by atoms with E-state index >= 15 is 0 Å². The molecular formula is C11H21N3O5. The largest absolute Gasteiger partial charge is 0.481 e. The van der Waals surface area contributed by atoms with Crippen LogP contribution in [0.2, 0.25) is 0 Å². The molecule has 0 radical (unpaired) electrons. The van der Waals surface area contributed by atoms with E-state index in [1.165, 1.54) is 12.0 Å². The first-order valence-electron chi connectivity index (χ1n) is 5.93. The van der Waals surface area contributed by atoms with Gasteiger partial charge in [-0.15, -0.1) is 0 Å². The lowest BCUT2D eigenvalue weighted by Crippen LogP contribution is -2.43. The Morgan fingerprint density at radius 2 is 1.95 bits per heavy atom. The van der Waals surface area contributed by atoms with Crippen LogP contribution in [0, 0.1) is 0 Å². The molecule has 0 fully saturated rings. The SMILES string of the molecule is COCCNC(=O)CNC(=O)N(C)CCCC(=O)O. The minimum atomic E-state index is -0.897. The third-order valence-corrected chi connectivity index (χ3v) is 2.26. The Bertz CT molecular complexity index is 309. The Kier molecular flexibility index (Phi) is 9.15. The standard InChI is InChI=1S/C11H21N3O5/c1-14(6-3-4-10(16)17)11(18)13-8-9(15)12-5-7-19-2/h3-8H2,1-2H3,(H,12,15)(H,13,18)(H,16,17). The molecule has 19 heavy (non-hydrogen) atoms. The van der Waals surface area contributed by atoms with Crippen LogP contribution in [-0.2, 0) is 14.3 Å². The first-order chi connectivity index (χ1) is 8.97. The molecule has 3 amide bonds. The smallest absolute Gasteiger partial charge is 0.317 e. The van der Waals surface area contributed by atoms with E-state index in [1.807, 2.05) is 0 Å². The molecule has 0 atom stereocenters. The summed E-state index contributed by atoms with van der Waals surface area (Å²) in [5, 5.41) is 13.5. The van der Waals surface area contributed by atoms with E-state index in [1.54, 1.807) is 7.05 Å². The van der Waals surface area contributed by atoms with Gasteiger partial charge in [0.25, 0.3) is 0 Å². The molecule has 0 aliphatic rings. The van der Waals surface area contributed by atoms with Gasteiger partial charge in [-0.05, 0) is 6.42 Å². The number of amides is 3. The summed E-state index contributed by atoms with van der Waals surface area (Å²) in [4.78, 5) is 34.4. The number of aliphatic carboxylic acids is 1. The van der Waals surface area contributed by atoms with E-state index in [2.05, 4.69) is 10.6 Å². The maximum atomic E-state index is 11.5. The van der Waals surface area contributed by atoms with Crippen molar-refractivity contribution < 1.29 is 24.2 Å². The summed E-state index contributed by atoms with van der Waals surface area (Å²) in [5.41, 5.74) is 0. The molecule has 0 aliphatic heterocycles. The average Bonchev–Trinajstić information content (AvgIpc) is 2.35. The second-order valence-electron chi connectivity index (χ2n) is 3.92. The summed E-state index contributed by atoms with van der Waals surface area (Å²) in [5.74, 6) is -1.20. The van der Waals surface area contributed by atoms with Crippen LogP contribution in [0.25, 0.3) is 0 Å². The number of hydrogen-bond acceptors (Lipinski definition) is 4. The Hall–Kier alpha value is -1.83. The number of nitrogens with one attached hydrogen (secondary N) is 2. The maximum absolute atomic E-state index is 11.5. The van der Waals surface area contributed by atoms with Crippen molar-refractivity contribution in [3.63, 3.8) is 0 Å². The van der Waals surface area contributed by atoms with Gasteiger partial charge in [0, 0.05) is 33.7 Å². The van der Waals surface area contributed by atoms with Crippen LogP contribution in [0.15, 0.2) is 0 Å². The first kappa shape index (κ1) is 17.2.